The number of para-hydroxylation sites is 1. The van der Waals surface area contributed by atoms with Crippen molar-refractivity contribution in [2.45, 2.75) is 4.90 Å². The highest BCUT2D eigenvalue weighted by molar-refractivity contribution is 7.89. The van der Waals surface area contributed by atoms with Crippen LogP contribution in [0.3, 0.4) is 0 Å². The van der Waals surface area contributed by atoms with E-state index >= 15 is 0 Å². The maximum atomic E-state index is 12.6. The fraction of sp³-hybridized carbons (Fsp3) is 0.100. The smallest absolute Gasteiger partial charge is 0.271 e. The Balaban J connectivity index is 1.75. The molecule has 2 amide bonds. The summed E-state index contributed by atoms with van der Waals surface area (Å²) in [5.74, 6) is -1.13. The van der Waals surface area contributed by atoms with Crippen molar-refractivity contribution in [1.29, 1.82) is 0 Å². The zero-order valence-electron chi connectivity index (χ0n) is 15.9. The predicted octanol–water partition coefficient (Wildman–Crippen LogP) is 1.80. The number of rotatable bonds is 5. The lowest BCUT2D eigenvalue weighted by atomic mass is 10.1. The number of nitrogens with one attached hydrogen (secondary N) is 2. The maximum absolute atomic E-state index is 12.6. The number of amides is 2. The Bertz CT molecular complexity index is 1140. The number of sulfonamides is 1. The predicted molar refractivity (Wildman–Crippen MR) is 108 cm³/mol. The molecule has 0 aliphatic carbocycles. The molecule has 0 fully saturated rings. The number of hydrogen-bond donors (Lipinski definition) is 2. The molecular formula is C20H20N4O4S. The average molecular weight is 412 g/mol. The minimum absolute atomic E-state index is 0.0144. The van der Waals surface area contributed by atoms with Crippen LogP contribution in [0.4, 0.5) is 0 Å². The minimum atomic E-state index is -3.67. The van der Waals surface area contributed by atoms with Crippen molar-refractivity contribution in [3.05, 3.63) is 84.2 Å². The van der Waals surface area contributed by atoms with E-state index in [0.717, 1.165) is 4.31 Å². The third-order valence-corrected chi connectivity index (χ3v) is 6.01. The molecule has 0 spiro atoms. The lowest BCUT2D eigenvalue weighted by Gasteiger charge is -2.13. The van der Waals surface area contributed by atoms with Crippen LogP contribution in [0.1, 0.15) is 20.7 Å². The van der Waals surface area contributed by atoms with Gasteiger partial charge in [-0.1, -0.05) is 18.2 Å². The lowest BCUT2D eigenvalue weighted by molar-refractivity contribution is 0.0846. The molecule has 0 saturated carbocycles. The third kappa shape index (κ3) is 4.36. The lowest BCUT2D eigenvalue weighted by Crippen LogP contribution is -2.42. The molecule has 3 aromatic rings. The molecule has 8 nitrogen and oxygen atoms in total. The van der Waals surface area contributed by atoms with Crippen molar-refractivity contribution in [3.8, 4) is 5.69 Å². The Kier molecular flexibility index (Phi) is 5.81. The third-order valence-electron chi connectivity index (χ3n) is 4.20. The summed E-state index contributed by atoms with van der Waals surface area (Å²) < 4.78 is 27.3. The molecule has 9 heteroatoms. The van der Waals surface area contributed by atoms with E-state index in [4.69, 9.17) is 0 Å². The average Bonchev–Trinajstić information content (AvgIpc) is 3.26. The summed E-state index contributed by atoms with van der Waals surface area (Å²) in [6.45, 7) is 0. The van der Waals surface area contributed by atoms with Crippen LogP contribution in [-0.2, 0) is 10.0 Å². The van der Waals surface area contributed by atoms with Gasteiger partial charge >= 0.3 is 0 Å². The first-order chi connectivity index (χ1) is 13.8. The number of hydrazine groups is 1. The second-order valence-electron chi connectivity index (χ2n) is 6.33. The van der Waals surface area contributed by atoms with Gasteiger partial charge in [-0.3, -0.25) is 20.4 Å². The number of benzene rings is 2. The van der Waals surface area contributed by atoms with Crippen LogP contribution in [0.25, 0.3) is 5.69 Å². The molecule has 0 aliphatic rings. The van der Waals surface area contributed by atoms with Crippen molar-refractivity contribution >= 4 is 21.8 Å². The second-order valence-corrected chi connectivity index (χ2v) is 8.48. The van der Waals surface area contributed by atoms with E-state index in [1.807, 2.05) is 12.1 Å². The number of carbonyl (C=O) groups is 2. The van der Waals surface area contributed by atoms with E-state index in [1.54, 1.807) is 41.2 Å². The molecule has 29 heavy (non-hydrogen) atoms. The minimum Gasteiger partial charge on any atom is -0.323 e. The van der Waals surface area contributed by atoms with Gasteiger partial charge in [0.1, 0.15) is 0 Å². The largest absolute Gasteiger partial charge is 0.323 e. The molecule has 0 atom stereocenters. The van der Waals surface area contributed by atoms with Gasteiger partial charge in [0.05, 0.1) is 16.1 Å². The monoisotopic (exact) mass is 412 g/mol. The van der Waals surface area contributed by atoms with E-state index < -0.39 is 21.8 Å². The van der Waals surface area contributed by atoms with Crippen LogP contribution in [0.5, 0.6) is 0 Å². The quantitative estimate of drug-likeness (QED) is 0.624. The summed E-state index contributed by atoms with van der Waals surface area (Å²) in [5.41, 5.74) is 5.82. The van der Waals surface area contributed by atoms with Crippen molar-refractivity contribution < 1.29 is 18.0 Å². The number of hydrogen-bond acceptors (Lipinski definition) is 4. The molecule has 1 aromatic heterocycles. The summed E-state index contributed by atoms with van der Waals surface area (Å²) in [4.78, 5) is 25.0. The van der Waals surface area contributed by atoms with Crippen molar-refractivity contribution in [1.82, 2.24) is 19.7 Å². The zero-order valence-corrected chi connectivity index (χ0v) is 16.7. The van der Waals surface area contributed by atoms with E-state index in [9.17, 15) is 18.0 Å². The summed E-state index contributed by atoms with van der Waals surface area (Å²) in [6.07, 6.45) is 3.61. The van der Waals surface area contributed by atoms with Crippen LogP contribution >= 0.6 is 0 Å². The second kappa shape index (κ2) is 8.29. The number of carbonyl (C=O) groups excluding carboxylic acids is 2. The van der Waals surface area contributed by atoms with Gasteiger partial charge in [-0.25, -0.2) is 12.7 Å². The molecule has 150 valence electrons. The molecule has 0 saturated heterocycles. The fourth-order valence-electron chi connectivity index (χ4n) is 2.65. The first-order valence-corrected chi connectivity index (χ1v) is 10.1. The zero-order chi connectivity index (χ0) is 21.0. The molecule has 2 N–H and O–H groups in total. The first-order valence-electron chi connectivity index (χ1n) is 8.66. The Morgan fingerprint density at radius 1 is 0.862 bits per heavy atom. The molecule has 3 rings (SSSR count). The van der Waals surface area contributed by atoms with Gasteiger partial charge < -0.3 is 4.57 Å². The Morgan fingerprint density at radius 3 is 2.21 bits per heavy atom. The number of aromatic nitrogens is 1. The molecule has 0 radical (unpaired) electrons. The molecule has 1 heterocycles. The molecule has 0 aliphatic heterocycles. The van der Waals surface area contributed by atoms with Crippen molar-refractivity contribution in [2.24, 2.45) is 0 Å². The van der Waals surface area contributed by atoms with Gasteiger partial charge in [-0.2, -0.15) is 0 Å². The van der Waals surface area contributed by atoms with Crippen LogP contribution in [0.2, 0.25) is 0 Å². The summed E-state index contributed by atoms with van der Waals surface area (Å²) in [7, 11) is -0.860. The van der Waals surface area contributed by atoms with Gasteiger partial charge in [-0.05, 0) is 42.5 Å². The molecule has 2 aromatic carbocycles. The van der Waals surface area contributed by atoms with E-state index in [-0.39, 0.29) is 10.5 Å². The fourth-order valence-corrected chi connectivity index (χ4v) is 3.60. The van der Waals surface area contributed by atoms with Gasteiger partial charge in [0.25, 0.3) is 11.8 Å². The van der Waals surface area contributed by atoms with Gasteiger partial charge in [0.2, 0.25) is 10.0 Å². The standard InChI is InChI=1S/C20H20N4O4S/c1-23(2)29(27,28)16-9-7-8-15(14-16)19(25)21-22-20(26)17-10-3-4-11-18(17)24-12-5-6-13-24/h3-14H,1-2H3,(H,21,25)(H,22,26). The maximum Gasteiger partial charge on any atom is 0.271 e. The van der Waals surface area contributed by atoms with Crippen molar-refractivity contribution in [2.75, 3.05) is 14.1 Å². The van der Waals surface area contributed by atoms with Crippen LogP contribution in [0.15, 0.2) is 78.0 Å². The molecule has 0 unspecified atom stereocenters. The van der Waals surface area contributed by atoms with Gasteiger partial charge in [0, 0.05) is 32.1 Å². The van der Waals surface area contributed by atoms with Crippen LogP contribution < -0.4 is 10.9 Å². The normalized spacial score (nSPS) is 11.3. The SMILES string of the molecule is CN(C)S(=O)(=O)c1cccc(C(=O)NNC(=O)c2ccccc2-n2cccc2)c1. The van der Waals surface area contributed by atoms with E-state index in [0.29, 0.717) is 11.3 Å². The Morgan fingerprint density at radius 2 is 1.52 bits per heavy atom. The highest BCUT2D eigenvalue weighted by atomic mass is 32.2. The highest BCUT2D eigenvalue weighted by Gasteiger charge is 2.19. The van der Waals surface area contributed by atoms with Gasteiger partial charge in [-0.15, -0.1) is 0 Å². The highest BCUT2D eigenvalue weighted by Crippen LogP contribution is 2.16. The number of nitrogens with zero attached hydrogens (tertiary/aromatic N) is 2. The van der Waals surface area contributed by atoms with Crippen LogP contribution in [-0.4, -0.2) is 43.2 Å². The van der Waals surface area contributed by atoms with Crippen LogP contribution in [0, 0.1) is 0 Å². The summed E-state index contributed by atoms with van der Waals surface area (Å²) in [6, 6.07) is 16.2. The van der Waals surface area contributed by atoms with E-state index in [1.165, 1.54) is 38.4 Å². The topological polar surface area (TPSA) is 101 Å². The first kappa shape index (κ1) is 20.3. The van der Waals surface area contributed by atoms with Gasteiger partial charge in [0.15, 0.2) is 0 Å². The molecule has 0 bridgehead atoms. The Labute approximate surface area is 168 Å². The van der Waals surface area contributed by atoms with Crippen molar-refractivity contribution in [3.63, 3.8) is 0 Å². The summed E-state index contributed by atoms with van der Waals surface area (Å²) >= 11 is 0. The molecular weight excluding hydrogens is 392 g/mol. The van der Waals surface area contributed by atoms with E-state index in [2.05, 4.69) is 10.9 Å². The Hall–Kier alpha value is -3.43. The summed E-state index contributed by atoms with van der Waals surface area (Å²) in [5, 5.41) is 0.